The van der Waals surface area contributed by atoms with E-state index in [1.165, 1.54) is 36.1 Å². The van der Waals surface area contributed by atoms with Gasteiger partial charge in [-0.15, -0.1) is 0 Å². The molecule has 1 unspecified atom stereocenters. The van der Waals surface area contributed by atoms with E-state index in [-0.39, 0.29) is 17.4 Å². The first-order chi connectivity index (χ1) is 11.8. The lowest BCUT2D eigenvalue weighted by Crippen LogP contribution is -2.48. The predicted octanol–water partition coefficient (Wildman–Crippen LogP) is 1.48. The van der Waals surface area contributed by atoms with Crippen molar-refractivity contribution in [3.63, 3.8) is 0 Å². The zero-order chi connectivity index (χ0) is 18.6. The smallest absolute Gasteiger partial charge is 0.387 e. The third-order valence-electron chi connectivity index (χ3n) is 3.75. The molecule has 136 valence electrons. The van der Waals surface area contributed by atoms with Crippen molar-refractivity contribution < 1.29 is 33.0 Å². The fourth-order valence-corrected chi connectivity index (χ4v) is 2.40. The van der Waals surface area contributed by atoms with Crippen molar-refractivity contribution in [2.24, 2.45) is 0 Å². The molecule has 1 atom stereocenters. The number of carboxylic acids is 1. The van der Waals surface area contributed by atoms with E-state index in [4.69, 9.17) is 5.11 Å². The molecular weight excluding hydrogens is 338 g/mol. The van der Waals surface area contributed by atoms with Gasteiger partial charge in [0.15, 0.2) is 0 Å². The Kier molecular flexibility index (Phi) is 5.89. The molecule has 1 fully saturated rings. The SMILES string of the molecule is CC(C(=O)O)N(C(=O)CNC(=O)c1ccccc1OC(F)F)C1CC1. The molecular formula is C16H18F2N2O5. The Labute approximate surface area is 142 Å². The van der Waals surface area contributed by atoms with E-state index in [0.29, 0.717) is 12.8 Å². The highest BCUT2D eigenvalue weighted by atomic mass is 19.3. The summed E-state index contributed by atoms with van der Waals surface area (Å²) in [5.74, 6) is -2.75. The summed E-state index contributed by atoms with van der Waals surface area (Å²) in [4.78, 5) is 36.7. The van der Waals surface area contributed by atoms with Gasteiger partial charge in [-0.2, -0.15) is 8.78 Å². The molecule has 0 aromatic heterocycles. The summed E-state index contributed by atoms with van der Waals surface area (Å²) in [5.41, 5.74) is -0.139. The number of carbonyl (C=O) groups excluding carboxylic acids is 2. The molecule has 1 aliphatic rings. The van der Waals surface area contributed by atoms with Crippen LogP contribution in [0.4, 0.5) is 8.78 Å². The summed E-state index contributed by atoms with van der Waals surface area (Å²) in [6, 6.07) is 4.25. The molecule has 0 bridgehead atoms. The predicted molar refractivity (Wildman–Crippen MR) is 82.4 cm³/mol. The summed E-state index contributed by atoms with van der Waals surface area (Å²) < 4.78 is 29.0. The molecule has 25 heavy (non-hydrogen) atoms. The Morgan fingerprint density at radius 1 is 1.32 bits per heavy atom. The molecule has 1 saturated carbocycles. The van der Waals surface area contributed by atoms with Crippen molar-refractivity contribution in [2.45, 2.75) is 38.5 Å². The minimum Gasteiger partial charge on any atom is -0.480 e. The number of alkyl halides is 2. The van der Waals surface area contributed by atoms with E-state index >= 15 is 0 Å². The Hall–Kier alpha value is -2.71. The van der Waals surface area contributed by atoms with Gasteiger partial charge in [0.25, 0.3) is 5.91 Å². The van der Waals surface area contributed by atoms with Gasteiger partial charge in [0.1, 0.15) is 11.8 Å². The van der Waals surface area contributed by atoms with Crippen molar-refractivity contribution in [3.05, 3.63) is 29.8 Å². The molecule has 7 nitrogen and oxygen atoms in total. The van der Waals surface area contributed by atoms with Crippen LogP contribution in [0.25, 0.3) is 0 Å². The van der Waals surface area contributed by atoms with E-state index in [1.54, 1.807) is 0 Å². The van der Waals surface area contributed by atoms with Crippen LogP contribution >= 0.6 is 0 Å². The van der Waals surface area contributed by atoms with E-state index in [0.717, 1.165) is 0 Å². The molecule has 2 N–H and O–H groups in total. The minimum atomic E-state index is -3.09. The number of hydrogen-bond acceptors (Lipinski definition) is 4. The van der Waals surface area contributed by atoms with Crippen molar-refractivity contribution in [3.8, 4) is 5.75 Å². The summed E-state index contributed by atoms with van der Waals surface area (Å²) in [5, 5.41) is 11.4. The second-order valence-corrected chi connectivity index (χ2v) is 5.60. The monoisotopic (exact) mass is 356 g/mol. The van der Waals surface area contributed by atoms with Gasteiger partial charge in [-0.25, -0.2) is 4.79 Å². The fourth-order valence-electron chi connectivity index (χ4n) is 2.40. The average molecular weight is 356 g/mol. The maximum Gasteiger partial charge on any atom is 0.387 e. The van der Waals surface area contributed by atoms with Gasteiger partial charge in [0.2, 0.25) is 5.91 Å². The Bertz CT molecular complexity index is 664. The van der Waals surface area contributed by atoms with Crippen molar-refractivity contribution >= 4 is 17.8 Å². The van der Waals surface area contributed by atoms with Gasteiger partial charge < -0.3 is 20.1 Å². The molecule has 0 radical (unpaired) electrons. The first kappa shape index (κ1) is 18.6. The molecule has 1 aliphatic carbocycles. The summed E-state index contributed by atoms with van der Waals surface area (Å²) in [6.07, 6.45) is 1.42. The standard InChI is InChI=1S/C16H18F2N2O5/c1-9(15(23)24)20(10-6-7-10)13(21)8-19-14(22)11-4-2-3-5-12(11)25-16(17)18/h2-5,9-10,16H,6-8H2,1H3,(H,19,22)(H,23,24). The molecule has 9 heteroatoms. The van der Waals surface area contributed by atoms with E-state index in [1.807, 2.05) is 0 Å². The second-order valence-electron chi connectivity index (χ2n) is 5.60. The highest BCUT2D eigenvalue weighted by Gasteiger charge is 2.38. The normalized spacial score (nSPS) is 14.7. The highest BCUT2D eigenvalue weighted by molar-refractivity contribution is 5.99. The Morgan fingerprint density at radius 2 is 1.96 bits per heavy atom. The van der Waals surface area contributed by atoms with Gasteiger partial charge in [0.05, 0.1) is 12.1 Å². The third kappa shape index (κ3) is 4.88. The maximum absolute atomic E-state index is 12.4. The van der Waals surface area contributed by atoms with Crippen LogP contribution in [-0.2, 0) is 9.59 Å². The number of hydrogen-bond donors (Lipinski definition) is 2. The van der Waals surface area contributed by atoms with Gasteiger partial charge in [-0.3, -0.25) is 9.59 Å². The lowest BCUT2D eigenvalue weighted by molar-refractivity contribution is -0.149. The number of ether oxygens (including phenoxy) is 1. The molecule has 2 amide bonds. The summed E-state index contributed by atoms with van der Waals surface area (Å²) >= 11 is 0. The quantitative estimate of drug-likeness (QED) is 0.736. The lowest BCUT2D eigenvalue weighted by atomic mass is 10.2. The minimum absolute atomic E-state index is 0.139. The van der Waals surface area contributed by atoms with Crippen LogP contribution in [0.5, 0.6) is 5.75 Å². The molecule has 0 heterocycles. The zero-order valence-electron chi connectivity index (χ0n) is 13.4. The van der Waals surface area contributed by atoms with Gasteiger partial charge in [-0.1, -0.05) is 12.1 Å². The summed E-state index contributed by atoms with van der Waals surface area (Å²) in [7, 11) is 0. The molecule has 0 aliphatic heterocycles. The van der Waals surface area contributed by atoms with Crippen LogP contribution in [0, 0.1) is 0 Å². The first-order valence-electron chi connectivity index (χ1n) is 7.67. The van der Waals surface area contributed by atoms with Crippen LogP contribution in [0.3, 0.4) is 0 Å². The van der Waals surface area contributed by atoms with Crippen molar-refractivity contribution in [2.75, 3.05) is 6.54 Å². The number of aliphatic carboxylic acids is 1. The molecule has 2 rings (SSSR count). The maximum atomic E-state index is 12.4. The number of nitrogens with one attached hydrogen (secondary N) is 1. The second kappa shape index (κ2) is 7.91. The zero-order valence-corrected chi connectivity index (χ0v) is 13.4. The van der Waals surface area contributed by atoms with E-state index < -0.39 is 37.0 Å². The van der Waals surface area contributed by atoms with Gasteiger partial charge >= 0.3 is 12.6 Å². The van der Waals surface area contributed by atoms with Gasteiger partial charge in [-0.05, 0) is 31.9 Å². The van der Waals surface area contributed by atoms with Crippen molar-refractivity contribution in [1.29, 1.82) is 0 Å². The number of rotatable bonds is 8. The largest absolute Gasteiger partial charge is 0.480 e. The highest BCUT2D eigenvalue weighted by Crippen LogP contribution is 2.28. The topological polar surface area (TPSA) is 95.9 Å². The first-order valence-corrected chi connectivity index (χ1v) is 7.67. The van der Waals surface area contributed by atoms with Gasteiger partial charge in [0, 0.05) is 6.04 Å². The molecule has 0 saturated heterocycles. The van der Waals surface area contributed by atoms with Crippen LogP contribution in [0.2, 0.25) is 0 Å². The fraction of sp³-hybridized carbons (Fsp3) is 0.438. The number of benzene rings is 1. The number of carbonyl (C=O) groups is 3. The van der Waals surface area contributed by atoms with Crippen LogP contribution < -0.4 is 10.1 Å². The Balaban J connectivity index is 2.01. The van der Waals surface area contributed by atoms with E-state index in [2.05, 4.69) is 10.1 Å². The average Bonchev–Trinajstić information content (AvgIpc) is 3.37. The molecule has 0 spiro atoms. The number of nitrogens with zero attached hydrogens (tertiary/aromatic N) is 1. The number of carboxylic acid groups (broad SMARTS) is 1. The molecule has 1 aromatic rings. The van der Waals surface area contributed by atoms with Crippen molar-refractivity contribution in [1.82, 2.24) is 10.2 Å². The summed E-state index contributed by atoms with van der Waals surface area (Å²) in [6.45, 7) is -2.13. The van der Waals surface area contributed by atoms with Crippen LogP contribution in [0.15, 0.2) is 24.3 Å². The lowest BCUT2D eigenvalue weighted by Gasteiger charge is -2.26. The number of amides is 2. The molecule has 1 aromatic carbocycles. The van der Waals surface area contributed by atoms with Crippen LogP contribution in [0.1, 0.15) is 30.1 Å². The van der Waals surface area contributed by atoms with E-state index in [9.17, 15) is 23.2 Å². The number of halogens is 2. The van der Waals surface area contributed by atoms with Crippen LogP contribution in [-0.4, -0.2) is 53.0 Å². The Morgan fingerprint density at radius 3 is 2.52 bits per heavy atom. The third-order valence-corrected chi connectivity index (χ3v) is 3.75. The number of para-hydroxylation sites is 1.